The molecule has 1 fully saturated rings. The van der Waals surface area contributed by atoms with E-state index in [9.17, 15) is 9.59 Å². The molecule has 1 atom stereocenters. The molecule has 0 radical (unpaired) electrons. The van der Waals surface area contributed by atoms with Crippen LogP contribution in [0.5, 0.6) is 11.5 Å². The first-order valence-electron chi connectivity index (χ1n) is 8.65. The monoisotopic (exact) mass is 349 g/mol. The van der Waals surface area contributed by atoms with Crippen molar-refractivity contribution >= 4 is 17.6 Å². The van der Waals surface area contributed by atoms with E-state index in [1.54, 1.807) is 31.3 Å². The number of carbonyl (C=O) groups excluding carboxylic acids is 2. The largest absolute Gasteiger partial charge is 0.493 e. The molecule has 25 heavy (non-hydrogen) atoms. The quantitative estimate of drug-likeness (QED) is 0.706. The zero-order chi connectivity index (χ0) is 18.2. The molecule has 1 heterocycles. The molecule has 7 nitrogen and oxygen atoms in total. The van der Waals surface area contributed by atoms with Crippen molar-refractivity contribution in [2.24, 2.45) is 0 Å². The van der Waals surface area contributed by atoms with Crippen LogP contribution < -0.4 is 25.0 Å². The lowest BCUT2D eigenvalue weighted by Crippen LogP contribution is -2.43. The number of methoxy groups -OCH3 is 2. The summed E-state index contributed by atoms with van der Waals surface area (Å²) in [6.45, 7) is 3.21. The third-order valence-electron chi connectivity index (χ3n) is 4.20. The maximum absolute atomic E-state index is 12.3. The summed E-state index contributed by atoms with van der Waals surface area (Å²) < 4.78 is 10.5. The molecule has 7 heteroatoms. The number of benzene rings is 1. The smallest absolute Gasteiger partial charge is 0.315 e. The van der Waals surface area contributed by atoms with E-state index < -0.39 is 0 Å². The van der Waals surface area contributed by atoms with E-state index in [0.29, 0.717) is 24.6 Å². The van der Waals surface area contributed by atoms with Crippen LogP contribution in [-0.2, 0) is 4.79 Å². The van der Waals surface area contributed by atoms with Gasteiger partial charge in [0.2, 0.25) is 5.91 Å². The maximum atomic E-state index is 12.3. The minimum atomic E-state index is -0.219. The maximum Gasteiger partial charge on any atom is 0.315 e. The zero-order valence-electron chi connectivity index (χ0n) is 15.1. The Kier molecular flexibility index (Phi) is 6.91. The van der Waals surface area contributed by atoms with Crippen LogP contribution in [0.4, 0.5) is 10.5 Å². The molecule has 0 unspecified atom stereocenters. The molecule has 1 aliphatic heterocycles. The number of amides is 3. The predicted octanol–water partition coefficient (Wildman–Crippen LogP) is 2.30. The van der Waals surface area contributed by atoms with E-state index in [-0.39, 0.29) is 24.4 Å². The lowest BCUT2D eigenvalue weighted by Gasteiger charge is -2.19. The molecule has 3 amide bonds. The normalized spacial score (nSPS) is 16.7. The molecular formula is C18H27N3O4. The van der Waals surface area contributed by atoms with Crippen LogP contribution in [0.3, 0.4) is 0 Å². The number of hydrogen-bond donors (Lipinski definition) is 2. The zero-order valence-corrected chi connectivity index (χ0v) is 15.1. The van der Waals surface area contributed by atoms with Gasteiger partial charge >= 0.3 is 6.03 Å². The second kappa shape index (κ2) is 9.15. The van der Waals surface area contributed by atoms with Gasteiger partial charge in [-0.1, -0.05) is 19.8 Å². The summed E-state index contributed by atoms with van der Waals surface area (Å²) in [6.07, 6.45) is 3.46. The summed E-state index contributed by atoms with van der Waals surface area (Å²) in [5.74, 6) is 1.15. The number of carbonyl (C=O) groups is 2. The van der Waals surface area contributed by atoms with Gasteiger partial charge in [0.05, 0.1) is 20.3 Å². The molecule has 2 rings (SSSR count). The highest BCUT2D eigenvalue weighted by Gasteiger charge is 2.32. The van der Waals surface area contributed by atoms with Crippen molar-refractivity contribution < 1.29 is 19.1 Å². The van der Waals surface area contributed by atoms with Gasteiger partial charge in [0.25, 0.3) is 0 Å². The van der Waals surface area contributed by atoms with Crippen molar-refractivity contribution in [2.45, 2.75) is 38.6 Å². The van der Waals surface area contributed by atoms with Gasteiger partial charge < -0.3 is 25.0 Å². The Morgan fingerprint density at radius 3 is 2.68 bits per heavy atom. The van der Waals surface area contributed by atoms with Crippen LogP contribution in [0, 0.1) is 0 Å². The molecule has 1 aliphatic rings. The van der Waals surface area contributed by atoms with E-state index in [2.05, 4.69) is 17.6 Å². The molecule has 0 aliphatic carbocycles. The van der Waals surface area contributed by atoms with Crippen molar-refractivity contribution in [3.8, 4) is 11.5 Å². The highest BCUT2D eigenvalue weighted by atomic mass is 16.5. The van der Waals surface area contributed by atoms with Gasteiger partial charge in [-0.25, -0.2) is 4.79 Å². The van der Waals surface area contributed by atoms with Crippen LogP contribution in [0.15, 0.2) is 18.2 Å². The number of rotatable bonds is 8. The molecule has 0 aromatic heterocycles. The van der Waals surface area contributed by atoms with Gasteiger partial charge in [0, 0.05) is 31.3 Å². The van der Waals surface area contributed by atoms with E-state index in [1.807, 2.05) is 6.07 Å². The Hall–Kier alpha value is -2.44. The lowest BCUT2D eigenvalue weighted by molar-refractivity contribution is -0.117. The van der Waals surface area contributed by atoms with Crippen LogP contribution in [0.25, 0.3) is 0 Å². The number of ether oxygens (including phenoxy) is 2. The molecule has 2 N–H and O–H groups in total. The fraction of sp³-hybridized carbons (Fsp3) is 0.556. The Bertz CT molecular complexity index is 606. The van der Waals surface area contributed by atoms with Crippen molar-refractivity contribution in [3.05, 3.63) is 18.2 Å². The van der Waals surface area contributed by atoms with Gasteiger partial charge in [0.15, 0.2) is 11.5 Å². The van der Waals surface area contributed by atoms with Gasteiger partial charge in [-0.3, -0.25) is 4.79 Å². The average Bonchev–Trinajstić information content (AvgIpc) is 2.98. The molecule has 1 saturated heterocycles. The number of hydrogen-bond acceptors (Lipinski definition) is 4. The summed E-state index contributed by atoms with van der Waals surface area (Å²) in [4.78, 5) is 25.9. The Labute approximate surface area is 148 Å². The summed E-state index contributed by atoms with van der Waals surface area (Å²) in [6, 6.07) is 4.92. The standard InChI is InChI=1S/C18H27N3O4/c1-4-5-6-9-19-18(23)20-13-10-17(22)21(12-13)14-7-8-15(24-2)16(11-14)25-3/h7-8,11,13H,4-6,9-10,12H2,1-3H3,(H2,19,20,23)/t13-/m1/s1. The molecule has 0 saturated carbocycles. The highest BCUT2D eigenvalue weighted by molar-refractivity contribution is 5.97. The van der Waals surface area contributed by atoms with Crippen molar-refractivity contribution in [1.29, 1.82) is 0 Å². The van der Waals surface area contributed by atoms with Crippen LogP contribution >= 0.6 is 0 Å². The third-order valence-corrected chi connectivity index (χ3v) is 4.20. The number of nitrogens with zero attached hydrogens (tertiary/aromatic N) is 1. The topological polar surface area (TPSA) is 79.9 Å². The number of unbranched alkanes of at least 4 members (excludes halogenated alkanes) is 2. The molecule has 0 spiro atoms. The fourth-order valence-corrected chi connectivity index (χ4v) is 2.86. The number of anilines is 1. The highest BCUT2D eigenvalue weighted by Crippen LogP contribution is 2.33. The predicted molar refractivity (Wildman–Crippen MR) is 96.4 cm³/mol. The average molecular weight is 349 g/mol. The summed E-state index contributed by atoms with van der Waals surface area (Å²) >= 11 is 0. The second-order valence-corrected chi connectivity index (χ2v) is 6.05. The van der Waals surface area contributed by atoms with Crippen LogP contribution in [-0.4, -0.2) is 45.3 Å². The Morgan fingerprint density at radius 2 is 2.00 bits per heavy atom. The summed E-state index contributed by atoms with van der Waals surface area (Å²) in [5.41, 5.74) is 0.732. The second-order valence-electron chi connectivity index (χ2n) is 6.05. The summed E-state index contributed by atoms with van der Waals surface area (Å²) in [5, 5.41) is 5.70. The number of urea groups is 1. The van der Waals surface area contributed by atoms with E-state index in [0.717, 1.165) is 24.9 Å². The lowest BCUT2D eigenvalue weighted by atomic mass is 10.2. The third kappa shape index (κ3) is 5.01. The van der Waals surface area contributed by atoms with Gasteiger partial charge in [0.1, 0.15) is 0 Å². The van der Waals surface area contributed by atoms with Crippen LogP contribution in [0.1, 0.15) is 32.6 Å². The van der Waals surface area contributed by atoms with Gasteiger partial charge in [-0.05, 0) is 18.6 Å². The van der Waals surface area contributed by atoms with E-state index >= 15 is 0 Å². The summed E-state index contributed by atoms with van der Waals surface area (Å²) in [7, 11) is 3.12. The van der Waals surface area contributed by atoms with Crippen LogP contribution in [0.2, 0.25) is 0 Å². The van der Waals surface area contributed by atoms with Crippen molar-refractivity contribution in [3.63, 3.8) is 0 Å². The minimum Gasteiger partial charge on any atom is -0.493 e. The Morgan fingerprint density at radius 1 is 1.24 bits per heavy atom. The number of nitrogens with one attached hydrogen (secondary N) is 2. The fourth-order valence-electron chi connectivity index (χ4n) is 2.86. The van der Waals surface area contributed by atoms with Gasteiger partial charge in [-0.2, -0.15) is 0 Å². The molecule has 1 aromatic carbocycles. The first kappa shape index (κ1) is 18.9. The molecule has 138 valence electrons. The SMILES string of the molecule is CCCCCNC(=O)N[C@@H]1CC(=O)N(c2ccc(OC)c(OC)c2)C1. The Balaban J connectivity index is 1.92. The molecule has 0 bridgehead atoms. The molecule has 1 aromatic rings. The van der Waals surface area contributed by atoms with Crippen molar-refractivity contribution in [1.82, 2.24) is 10.6 Å². The molecular weight excluding hydrogens is 322 g/mol. The van der Waals surface area contributed by atoms with Crippen molar-refractivity contribution in [2.75, 3.05) is 32.2 Å². The first-order valence-corrected chi connectivity index (χ1v) is 8.65. The van der Waals surface area contributed by atoms with E-state index in [4.69, 9.17) is 9.47 Å². The van der Waals surface area contributed by atoms with Gasteiger partial charge in [-0.15, -0.1) is 0 Å². The first-order chi connectivity index (χ1) is 12.1. The minimum absolute atomic E-state index is 0.0245. The van der Waals surface area contributed by atoms with E-state index in [1.165, 1.54) is 0 Å².